The van der Waals surface area contributed by atoms with Gasteiger partial charge in [-0.2, -0.15) is 0 Å². The molecule has 2 N–H and O–H groups in total. The minimum Gasteiger partial charge on any atom is -0.247 e. The first-order valence-electron chi connectivity index (χ1n) is 4.67. The summed E-state index contributed by atoms with van der Waals surface area (Å²) in [6.45, 7) is 3.71. The number of rotatable bonds is 1. The van der Waals surface area contributed by atoms with Crippen molar-refractivity contribution in [1.29, 1.82) is 0 Å². The summed E-state index contributed by atoms with van der Waals surface area (Å²) in [6, 6.07) is 3.72. The van der Waals surface area contributed by atoms with Gasteiger partial charge in [0.2, 0.25) is 0 Å². The van der Waals surface area contributed by atoms with E-state index >= 15 is 0 Å². The molecular formula is C10H10BrN3O2. The van der Waals surface area contributed by atoms with Gasteiger partial charge in [0.25, 0.3) is 0 Å². The van der Waals surface area contributed by atoms with Crippen molar-refractivity contribution in [3.8, 4) is 5.69 Å². The Morgan fingerprint density at radius 2 is 1.50 bits per heavy atom. The number of aryl methyl sites for hydroxylation is 2. The van der Waals surface area contributed by atoms with E-state index in [1.165, 1.54) is 0 Å². The van der Waals surface area contributed by atoms with Gasteiger partial charge in [-0.05, 0) is 37.1 Å². The van der Waals surface area contributed by atoms with Crippen LogP contribution in [0.2, 0.25) is 0 Å². The Hall–Kier alpha value is -1.56. The molecule has 2 aromatic rings. The van der Waals surface area contributed by atoms with Crippen molar-refractivity contribution in [2.75, 3.05) is 0 Å². The lowest BCUT2D eigenvalue weighted by Crippen LogP contribution is -2.26. The monoisotopic (exact) mass is 283 g/mol. The maximum absolute atomic E-state index is 11.5. The second-order valence-corrected chi connectivity index (χ2v) is 4.50. The summed E-state index contributed by atoms with van der Waals surface area (Å²) in [4.78, 5) is 23.0. The molecule has 1 aromatic heterocycles. The first kappa shape index (κ1) is 10.9. The third-order valence-corrected chi connectivity index (χ3v) is 2.82. The van der Waals surface area contributed by atoms with Crippen molar-refractivity contribution in [1.82, 2.24) is 14.8 Å². The van der Waals surface area contributed by atoms with Gasteiger partial charge in [0.05, 0.1) is 5.69 Å². The SMILES string of the molecule is Cc1cc(Br)cc(C)c1-n1c(=O)[nH][nH]c1=O. The molecule has 0 spiro atoms. The molecule has 0 aliphatic carbocycles. The van der Waals surface area contributed by atoms with Gasteiger partial charge in [0, 0.05) is 4.47 Å². The van der Waals surface area contributed by atoms with Crippen LogP contribution in [0.5, 0.6) is 0 Å². The molecule has 0 unspecified atom stereocenters. The van der Waals surface area contributed by atoms with Crippen LogP contribution in [0.3, 0.4) is 0 Å². The second kappa shape index (κ2) is 3.79. The van der Waals surface area contributed by atoms with Gasteiger partial charge in [-0.3, -0.25) is 0 Å². The molecule has 5 nitrogen and oxygen atoms in total. The van der Waals surface area contributed by atoms with E-state index in [1.54, 1.807) is 0 Å². The Bertz CT molecular complexity index is 600. The van der Waals surface area contributed by atoms with Crippen molar-refractivity contribution < 1.29 is 0 Å². The predicted molar refractivity (Wildman–Crippen MR) is 64.2 cm³/mol. The lowest BCUT2D eigenvalue weighted by atomic mass is 10.1. The zero-order chi connectivity index (χ0) is 11.9. The van der Waals surface area contributed by atoms with Crippen LogP contribution < -0.4 is 11.4 Å². The van der Waals surface area contributed by atoms with Crippen LogP contribution in [0, 0.1) is 13.8 Å². The smallest absolute Gasteiger partial charge is 0.247 e. The molecule has 1 heterocycles. The summed E-state index contributed by atoms with van der Waals surface area (Å²) in [7, 11) is 0. The Balaban J connectivity index is 2.85. The highest BCUT2D eigenvalue weighted by molar-refractivity contribution is 9.10. The van der Waals surface area contributed by atoms with Gasteiger partial charge in [-0.15, -0.1) is 0 Å². The Kier molecular flexibility index (Phi) is 2.59. The van der Waals surface area contributed by atoms with Crippen LogP contribution in [-0.2, 0) is 0 Å². The van der Waals surface area contributed by atoms with E-state index in [0.717, 1.165) is 20.2 Å². The number of nitrogens with zero attached hydrogens (tertiary/aromatic N) is 1. The van der Waals surface area contributed by atoms with Crippen molar-refractivity contribution in [3.05, 3.63) is 48.7 Å². The molecule has 0 aliphatic rings. The minimum absolute atomic E-state index is 0.460. The number of halogens is 1. The van der Waals surface area contributed by atoms with E-state index < -0.39 is 11.4 Å². The number of H-pyrrole nitrogens is 2. The summed E-state index contributed by atoms with van der Waals surface area (Å²) in [5.74, 6) is 0. The van der Waals surface area contributed by atoms with Crippen LogP contribution in [0.4, 0.5) is 0 Å². The predicted octanol–water partition coefficient (Wildman–Crippen LogP) is 1.23. The molecular weight excluding hydrogens is 274 g/mol. The van der Waals surface area contributed by atoms with Crippen LogP contribution in [0.25, 0.3) is 5.69 Å². The number of benzene rings is 1. The molecule has 0 saturated heterocycles. The van der Waals surface area contributed by atoms with E-state index in [9.17, 15) is 9.59 Å². The number of aromatic amines is 2. The van der Waals surface area contributed by atoms with Gasteiger partial charge in [0.1, 0.15) is 0 Å². The van der Waals surface area contributed by atoms with Crippen molar-refractivity contribution in [2.45, 2.75) is 13.8 Å². The zero-order valence-corrected chi connectivity index (χ0v) is 10.4. The number of nitrogens with one attached hydrogen (secondary N) is 2. The largest absolute Gasteiger partial charge is 0.349 e. The molecule has 0 radical (unpaired) electrons. The van der Waals surface area contributed by atoms with Gasteiger partial charge < -0.3 is 0 Å². The lowest BCUT2D eigenvalue weighted by molar-refractivity contribution is 0.929. The van der Waals surface area contributed by atoms with Gasteiger partial charge in [-0.25, -0.2) is 24.4 Å². The fourth-order valence-corrected chi connectivity index (χ4v) is 2.46. The first-order valence-corrected chi connectivity index (χ1v) is 5.47. The highest BCUT2D eigenvalue weighted by atomic mass is 79.9. The Morgan fingerprint density at radius 1 is 1.06 bits per heavy atom. The topological polar surface area (TPSA) is 70.7 Å². The quantitative estimate of drug-likeness (QED) is 0.827. The van der Waals surface area contributed by atoms with Crippen molar-refractivity contribution in [2.24, 2.45) is 0 Å². The van der Waals surface area contributed by atoms with E-state index in [1.807, 2.05) is 26.0 Å². The lowest BCUT2D eigenvalue weighted by Gasteiger charge is -2.09. The van der Waals surface area contributed by atoms with Gasteiger partial charge >= 0.3 is 11.4 Å². The molecule has 16 heavy (non-hydrogen) atoms. The fourth-order valence-electron chi connectivity index (χ4n) is 1.77. The van der Waals surface area contributed by atoms with E-state index in [-0.39, 0.29) is 0 Å². The van der Waals surface area contributed by atoms with Crippen molar-refractivity contribution >= 4 is 15.9 Å². The number of hydrogen-bond acceptors (Lipinski definition) is 2. The van der Waals surface area contributed by atoms with E-state index in [0.29, 0.717) is 5.69 Å². The third-order valence-electron chi connectivity index (χ3n) is 2.36. The summed E-state index contributed by atoms with van der Waals surface area (Å²) >= 11 is 3.37. The molecule has 84 valence electrons. The first-order chi connectivity index (χ1) is 7.50. The van der Waals surface area contributed by atoms with E-state index in [4.69, 9.17) is 0 Å². The molecule has 2 rings (SSSR count). The highest BCUT2D eigenvalue weighted by Crippen LogP contribution is 2.21. The Morgan fingerprint density at radius 3 is 1.94 bits per heavy atom. The van der Waals surface area contributed by atoms with E-state index in [2.05, 4.69) is 26.1 Å². The highest BCUT2D eigenvalue weighted by Gasteiger charge is 2.12. The standard InChI is InChI=1S/C10H10BrN3O2/c1-5-3-7(11)4-6(2)8(5)14-9(15)12-13-10(14)16/h3-4H,1-2H3,(H,12,15)(H,13,16). The van der Waals surface area contributed by atoms with Gasteiger partial charge in [-0.1, -0.05) is 15.9 Å². The summed E-state index contributed by atoms with van der Waals surface area (Å²) in [5.41, 5.74) is 1.42. The molecule has 6 heteroatoms. The average Bonchev–Trinajstić information content (AvgIpc) is 2.47. The van der Waals surface area contributed by atoms with Crippen LogP contribution in [0.1, 0.15) is 11.1 Å². The summed E-state index contributed by atoms with van der Waals surface area (Å²) in [6.07, 6.45) is 0. The molecule has 0 saturated carbocycles. The summed E-state index contributed by atoms with van der Waals surface area (Å²) in [5, 5.41) is 4.53. The molecule has 0 amide bonds. The molecule has 0 atom stereocenters. The maximum Gasteiger partial charge on any atom is 0.349 e. The summed E-state index contributed by atoms with van der Waals surface area (Å²) < 4.78 is 2.02. The Labute approximate surface area is 99.2 Å². The van der Waals surface area contributed by atoms with Crippen LogP contribution in [-0.4, -0.2) is 14.8 Å². The molecule has 0 fully saturated rings. The number of hydrogen-bond donors (Lipinski definition) is 2. The zero-order valence-electron chi connectivity index (χ0n) is 8.80. The molecule has 1 aromatic carbocycles. The average molecular weight is 284 g/mol. The second-order valence-electron chi connectivity index (χ2n) is 3.58. The molecule has 0 aliphatic heterocycles. The third kappa shape index (κ3) is 1.65. The van der Waals surface area contributed by atoms with Gasteiger partial charge in [0.15, 0.2) is 0 Å². The van der Waals surface area contributed by atoms with Crippen LogP contribution >= 0.6 is 15.9 Å². The number of aromatic nitrogens is 3. The fraction of sp³-hybridized carbons (Fsp3) is 0.200. The minimum atomic E-state index is -0.460. The molecule has 0 bridgehead atoms. The van der Waals surface area contributed by atoms with Crippen molar-refractivity contribution in [3.63, 3.8) is 0 Å². The van der Waals surface area contributed by atoms with Crippen LogP contribution in [0.15, 0.2) is 26.2 Å². The maximum atomic E-state index is 11.5. The normalized spacial score (nSPS) is 10.7.